The normalized spacial score (nSPS) is 18.8. The Balaban J connectivity index is 1.45. The minimum Gasteiger partial charge on any atom is -0.310 e. The monoisotopic (exact) mass is 388 g/mol. The maximum atomic E-state index is 12.3. The molecular formula is C19H28N6O3. The Kier molecular flexibility index (Phi) is 6.94. The Bertz CT molecular complexity index is 700. The second kappa shape index (κ2) is 9.61. The van der Waals surface area contributed by atoms with Gasteiger partial charge in [-0.25, -0.2) is 9.78 Å². The molecule has 2 N–H and O–H groups in total. The number of rotatable bonds is 7. The van der Waals surface area contributed by atoms with Gasteiger partial charge in [0.1, 0.15) is 5.82 Å². The molecule has 1 aromatic rings. The van der Waals surface area contributed by atoms with Crippen LogP contribution in [0, 0.1) is 0 Å². The van der Waals surface area contributed by atoms with Crippen LogP contribution < -0.4 is 15.5 Å². The number of unbranched alkanes of at least 4 members (excludes halogenated alkanes) is 1. The quantitative estimate of drug-likeness (QED) is 0.720. The van der Waals surface area contributed by atoms with Crippen LogP contribution >= 0.6 is 0 Å². The lowest BCUT2D eigenvalue weighted by Crippen LogP contribution is -2.49. The minimum absolute atomic E-state index is 0.0939. The van der Waals surface area contributed by atoms with Gasteiger partial charge in [-0.05, 0) is 25.1 Å². The van der Waals surface area contributed by atoms with Crippen LogP contribution in [0.3, 0.4) is 0 Å². The van der Waals surface area contributed by atoms with E-state index >= 15 is 0 Å². The first-order chi connectivity index (χ1) is 13.5. The van der Waals surface area contributed by atoms with Crippen LogP contribution in [0.1, 0.15) is 26.2 Å². The number of piperazine rings is 1. The molecule has 28 heavy (non-hydrogen) atoms. The summed E-state index contributed by atoms with van der Waals surface area (Å²) in [5.74, 6) is 0.0803. The first-order valence-electron chi connectivity index (χ1n) is 9.87. The van der Waals surface area contributed by atoms with Crippen molar-refractivity contribution in [1.29, 1.82) is 0 Å². The van der Waals surface area contributed by atoms with Gasteiger partial charge in [0.15, 0.2) is 0 Å². The van der Waals surface area contributed by atoms with Crippen LogP contribution in [-0.2, 0) is 9.59 Å². The third kappa shape index (κ3) is 5.49. The lowest BCUT2D eigenvalue weighted by molar-refractivity contribution is -0.120. The zero-order valence-electron chi connectivity index (χ0n) is 16.3. The van der Waals surface area contributed by atoms with Crippen LogP contribution in [0.5, 0.6) is 0 Å². The standard InChI is InChI=1S/C19H28N6O3/c1-2-3-7-23-9-11-24(12-10-23)14-18(27)21-16-5-4-15(13-20-16)25-8-6-17(26)22-19(25)28/h4-5,13H,2-3,6-12,14H2,1H3,(H,20,21,27)(H,22,26,28). The van der Waals surface area contributed by atoms with Crippen LogP contribution in [0.15, 0.2) is 18.3 Å². The molecule has 4 amide bonds. The summed E-state index contributed by atoms with van der Waals surface area (Å²) in [4.78, 5) is 45.7. The van der Waals surface area contributed by atoms with Gasteiger partial charge in [-0.15, -0.1) is 0 Å². The average Bonchev–Trinajstić information content (AvgIpc) is 2.68. The van der Waals surface area contributed by atoms with E-state index in [4.69, 9.17) is 0 Å². The van der Waals surface area contributed by atoms with Crippen LogP contribution in [0.4, 0.5) is 16.3 Å². The van der Waals surface area contributed by atoms with E-state index in [1.54, 1.807) is 12.1 Å². The highest BCUT2D eigenvalue weighted by atomic mass is 16.2. The van der Waals surface area contributed by atoms with E-state index < -0.39 is 6.03 Å². The van der Waals surface area contributed by atoms with E-state index in [1.165, 1.54) is 23.9 Å². The number of hydrogen-bond donors (Lipinski definition) is 2. The molecule has 9 heteroatoms. The predicted octanol–water partition coefficient (Wildman–Crippen LogP) is 0.884. The smallest absolute Gasteiger partial charge is 0.310 e. The van der Waals surface area contributed by atoms with E-state index in [0.29, 0.717) is 24.6 Å². The van der Waals surface area contributed by atoms with Crippen molar-refractivity contribution in [3.05, 3.63) is 18.3 Å². The van der Waals surface area contributed by atoms with Gasteiger partial charge in [0, 0.05) is 39.1 Å². The molecule has 0 atom stereocenters. The van der Waals surface area contributed by atoms with Gasteiger partial charge in [0.2, 0.25) is 11.8 Å². The summed E-state index contributed by atoms with van der Waals surface area (Å²) in [7, 11) is 0. The van der Waals surface area contributed by atoms with Crippen molar-refractivity contribution in [2.75, 3.05) is 56.0 Å². The van der Waals surface area contributed by atoms with Crippen molar-refractivity contribution in [2.24, 2.45) is 0 Å². The Labute approximate surface area is 165 Å². The molecule has 0 aliphatic carbocycles. The summed E-state index contributed by atoms with van der Waals surface area (Å²) in [5, 5.41) is 5.08. The molecule has 0 saturated carbocycles. The van der Waals surface area contributed by atoms with Gasteiger partial charge in [0.05, 0.1) is 18.4 Å². The van der Waals surface area contributed by atoms with Crippen molar-refractivity contribution in [2.45, 2.75) is 26.2 Å². The molecule has 0 radical (unpaired) electrons. The van der Waals surface area contributed by atoms with E-state index in [0.717, 1.165) is 32.7 Å². The molecule has 2 aliphatic heterocycles. The van der Waals surface area contributed by atoms with E-state index in [9.17, 15) is 14.4 Å². The highest BCUT2D eigenvalue weighted by molar-refractivity contribution is 6.05. The molecule has 1 aromatic heterocycles. The lowest BCUT2D eigenvalue weighted by Gasteiger charge is -2.34. The number of carbonyl (C=O) groups is 3. The van der Waals surface area contributed by atoms with Crippen LogP contribution in [0.2, 0.25) is 0 Å². The molecule has 0 spiro atoms. The van der Waals surface area contributed by atoms with Gasteiger partial charge in [-0.3, -0.25) is 24.7 Å². The highest BCUT2D eigenvalue weighted by Gasteiger charge is 2.24. The van der Waals surface area contributed by atoms with Crippen molar-refractivity contribution >= 4 is 29.4 Å². The average molecular weight is 388 g/mol. The fourth-order valence-electron chi connectivity index (χ4n) is 3.37. The van der Waals surface area contributed by atoms with Gasteiger partial charge in [-0.1, -0.05) is 13.3 Å². The van der Waals surface area contributed by atoms with Crippen molar-refractivity contribution in [3.8, 4) is 0 Å². The summed E-state index contributed by atoms with van der Waals surface area (Å²) in [6.07, 6.45) is 4.21. The maximum Gasteiger partial charge on any atom is 0.328 e. The van der Waals surface area contributed by atoms with Crippen molar-refractivity contribution in [1.82, 2.24) is 20.1 Å². The molecule has 2 aliphatic rings. The number of pyridine rings is 1. The predicted molar refractivity (Wildman–Crippen MR) is 106 cm³/mol. The third-order valence-corrected chi connectivity index (χ3v) is 5.04. The van der Waals surface area contributed by atoms with Crippen LogP contribution in [-0.4, -0.2) is 78.4 Å². The van der Waals surface area contributed by atoms with E-state index in [1.807, 2.05) is 0 Å². The molecule has 3 rings (SSSR count). The lowest BCUT2D eigenvalue weighted by atomic mass is 10.2. The molecule has 9 nitrogen and oxygen atoms in total. The number of hydrogen-bond acceptors (Lipinski definition) is 6. The highest BCUT2D eigenvalue weighted by Crippen LogP contribution is 2.17. The first-order valence-corrected chi connectivity index (χ1v) is 9.87. The van der Waals surface area contributed by atoms with Gasteiger partial charge in [0.25, 0.3) is 0 Å². The minimum atomic E-state index is -0.451. The first kappa shape index (κ1) is 20.2. The summed E-state index contributed by atoms with van der Waals surface area (Å²) < 4.78 is 0. The van der Waals surface area contributed by atoms with Crippen LogP contribution in [0.25, 0.3) is 0 Å². The number of urea groups is 1. The Morgan fingerprint density at radius 2 is 1.89 bits per heavy atom. The summed E-state index contributed by atoms with van der Waals surface area (Å²) >= 11 is 0. The van der Waals surface area contributed by atoms with E-state index in [-0.39, 0.29) is 18.2 Å². The fraction of sp³-hybridized carbons (Fsp3) is 0.579. The number of amides is 4. The molecule has 2 saturated heterocycles. The van der Waals surface area contributed by atoms with E-state index in [2.05, 4.69) is 32.3 Å². The summed E-state index contributed by atoms with van der Waals surface area (Å²) in [5.41, 5.74) is 0.589. The zero-order chi connectivity index (χ0) is 19.9. The number of carbonyl (C=O) groups excluding carboxylic acids is 3. The van der Waals surface area contributed by atoms with Crippen molar-refractivity contribution < 1.29 is 14.4 Å². The Hall–Kier alpha value is -2.52. The summed E-state index contributed by atoms with van der Waals surface area (Å²) in [6, 6.07) is 2.93. The largest absolute Gasteiger partial charge is 0.328 e. The molecule has 0 aromatic carbocycles. The maximum absolute atomic E-state index is 12.3. The topological polar surface area (TPSA) is 97.9 Å². The van der Waals surface area contributed by atoms with Gasteiger partial charge >= 0.3 is 6.03 Å². The molecule has 152 valence electrons. The summed E-state index contributed by atoms with van der Waals surface area (Å²) in [6.45, 7) is 7.79. The number of imide groups is 1. The molecule has 0 bridgehead atoms. The molecule has 2 fully saturated rings. The SMILES string of the molecule is CCCCN1CCN(CC(=O)Nc2ccc(N3CCC(=O)NC3=O)cn2)CC1. The Morgan fingerprint density at radius 3 is 2.54 bits per heavy atom. The van der Waals surface area contributed by atoms with Crippen molar-refractivity contribution in [3.63, 3.8) is 0 Å². The van der Waals surface area contributed by atoms with Gasteiger partial charge in [-0.2, -0.15) is 0 Å². The number of anilines is 2. The number of nitrogens with one attached hydrogen (secondary N) is 2. The second-order valence-electron chi connectivity index (χ2n) is 7.18. The zero-order valence-corrected chi connectivity index (χ0v) is 16.3. The molecule has 0 unspecified atom stereocenters. The number of aromatic nitrogens is 1. The second-order valence-corrected chi connectivity index (χ2v) is 7.18. The molecule has 3 heterocycles. The third-order valence-electron chi connectivity index (χ3n) is 5.04. The fourth-order valence-corrected chi connectivity index (χ4v) is 3.37. The molecular weight excluding hydrogens is 360 g/mol. The Morgan fingerprint density at radius 1 is 1.14 bits per heavy atom. The van der Waals surface area contributed by atoms with Gasteiger partial charge < -0.3 is 10.2 Å². The number of nitrogens with zero attached hydrogens (tertiary/aromatic N) is 4.